The van der Waals surface area contributed by atoms with Crippen LogP contribution in [0, 0.1) is 0 Å². The lowest BCUT2D eigenvalue weighted by molar-refractivity contribution is -0.135. The van der Waals surface area contributed by atoms with Crippen LogP contribution in [0.3, 0.4) is 0 Å². The Morgan fingerprint density at radius 2 is 2.20 bits per heavy atom. The average molecular weight is 430 g/mol. The molecule has 1 aliphatic carbocycles. The number of nitrogens with zero attached hydrogens (tertiary/aromatic N) is 4. The zero-order valence-corrected chi connectivity index (χ0v) is 17.4. The molecule has 1 saturated heterocycles. The molecule has 0 radical (unpaired) electrons. The highest BCUT2D eigenvalue weighted by Gasteiger charge is 2.29. The van der Waals surface area contributed by atoms with E-state index < -0.39 is 0 Å². The lowest BCUT2D eigenvalue weighted by Gasteiger charge is -2.32. The molecule has 1 atom stereocenters. The minimum Gasteiger partial charge on any atom is -0.367 e. The van der Waals surface area contributed by atoms with E-state index in [0.717, 1.165) is 54.9 Å². The van der Waals surface area contributed by atoms with Crippen molar-refractivity contribution in [3.05, 3.63) is 40.8 Å². The van der Waals surface area contributed by atoms with Crippen molar-refractivity contribution in [3.63, 3.8) is 0 Å². The van der Waals surface area contributed by atoms with Gasteiger partial charge in [-0.15, -0.1) is 0 Å². The number of carbonyl (C=O) groups is 1. The van der Waals surface area contributed by atoms with E-state index in [1.165, 1.54) is 0 Å². The molecule has 1 unspecified atom stereocenters. The summed E-state index contributed by atoms with van der Waals surface area (Å²) in [6.45, 7) is 1.66. The quantitative estimate of drug-likeness (QED) is 0.616. The molecule has 158 valence electrons. The third-order valence-corrected chi connectivity index (χ3v) is 5.90. The molecular weight excluding hydrogens is 406 g/mol. The maximum atomic E-state index is 12.7. The molecule has 9 heteroatoms. The number of aromatic nitrogens is 4. The number of piperidine rings is 1. The van der Waals surface area contributed by atoms with Gasteiger partial charge >= 0.3 is 0 Å². The Kier molecular flexibility index (Phi) is 5.43. The van der Waals surface area contributed by atoms with E-state index in [9.17, 15) is 4.79 Å². The average Bonchev–Trinajstić information content (AvgIpc) is 3.36. The fraction of sp³-hybridized carbons (Fsp3) is 0.524. The van der Waals surface area contributed by atoms with Crippen molar-refractivity contribution >= 4 is 28.5 Å². The van der Waals surface area contributed by atoms with Gasteiger partial charge in [0, 0.05) is 36.9 Å². The summed E-state index contributed by atoms with van der Waals surface area (Å²) in [7, 11) is 0. The molecule has 3 aromatic rings. The maximum Gasteiger partial charge on any atom is 0.252 e. The van der Waals surface area contributed by atoms with Crippen molar-refractivity contribution in [2.24, 2.45) is 0 Å². The van der Waals surface area contributed by atoms with Crippen LogP contribution in [0.4, 0.5) is 0 Å². The number of aryl methyl sites for hydroxylation is 1. The Morgan fingerprint density at radius 1 is 1.30 bits per heavy atom. The number of hydrogen-bond donors (Lipinski definition) is 1. The van der Waals surface area contributed by atoms with Crippen molar-refractivity contribution in [2.75, 3.05) is 13.1 Å². The van der Waals surface area contributed by atoms with E-state index in [4.69, 9.17) is 20.9 Å². The molecule has 1 saturated carbocycles. The van der Waals surface area contributed by atoms with Crippen molar-refractivity contribution in [1.82, 2.24) is 25.0 Å². The molecule has 0 bridgehead atoms. The highest BCUT2D eigenvalue weighted by molar-refractivity contribution is 6.31. The van der Waals surface area contributed by atoms with Gasteiger partial charge in [-0.3, -0.25) is 4.79 Å². The van der Waals surface area contributed by atoms with Crippen LogP contribution >= 0.6 is 11.6 Å². The molecule has 1 aliphatic heterocycles. The molecule has 1 N–H and O–H groups in total. The van der Waals surface area contributed by atoms with Gasteiger partial charge in [-0.1, -0.05) is 16.8 Å². The Morgan fingerprint density at radius 3 is 3.07 bits per heavy atom. The molecule has 30 heavy (non-hydrogen) atoms. The van der Waals surface area contributed by atoms with Gasteiger partial charge in [-0.05, 0) is 43.9 Å². The first kappa shape index (κ1) is 19.5. The number of rotatable bonds is 7. The number of ether oxygens (including phenoxy) is 1. The van der Waals surface area contributed by atoms with Crippen LogP contribution in [0.1, 0.15) is 55.6 Å². The molecule has 5 rings (SSSR count). The molecule has 1 amide bonds. The Balaban J connectivity index is 1.11. The molecule has 0 spiro atoms. The van der Waals surface area contributed by atoms with Crippen LogP contribution in [0.2, 0.25) is 5.02 Å². The number of amides is 1. The molecule has 2 fully saturated rings. The van der Waals surface area contributed by atoms with Crippen LogP contribution < -0.4 is 0 Å². The number of aromatic amines is 1. The minimum atomic E-state index is -0.00711. The second-order valence-electron chi connectivity index (χ2n) is 8.08. The number of imidazole rings is 1. The first-order valence-electron chi connectivity index (χ1n) is 10.5. The number of halogens is 1. The van der Waals surface area contributed by atoms with Gasteiger partial charge in [0.1, 0.15) is 12.4 Å². The summed E-state index contributed by atoms with van der Waals surface area (Å²) in [5.41, 5.74) is 1.75. The van der Waals surface area contributed by atoms with Crippen LogP contribution in [0.25, 0.3) is 11.0 Å². The van der Waals surface area contributed by atoms with E-state index in [1.54, 1.807) is 0 Å². The number of benzene rings is 1. The zero-order chi connectivity index (χ0) is 20.5. The number of nitrogens with one attached hydrogen (secondary N) is 1. The Labute approximate surface area is 178 Å². The minimum absolute atomic E-state index is 0.00711. The predicted octanol–water partition coefficient (Wildman–Crippen LogP) is 3.62. The first-order chi connectivity index (χ1) is 14.6. The summed E-state index contributed by atoms with van der Waals surface area (Å²) in [4.78, 5) is 26.8. The number of hydrogen-bond acceptors (Lipinski definition) is 6. The van der Waals surface area contributed by atoms with E-state index in [2.05, 4.69) is 20.1 Å². The van der Waals surface area contributed by atoms with Crippen molar-refractivity contribution in [2.45, 2.75) is 57.2 Å². The summed E-state index contributed by atoms with van der Waals surface area (Å²) in [5, 5.41) is 4.68. The second kappa shape index (κ2) is 8.35. The summed E-state index contributed by atoms with van der Waals surface area (Å²) < 4.78 is 11.2. The van der Waals surface area contributed by atoms with Gasteiger partial charge in [-0.2, -0.15) is 4.98 Å². The third-order valence-electron chi connectivity index (χ3n) is 5.67. The fourth-order valence-electron chi connectivity index (χ4n) is 3.86. The summed E-state index contributed by atoms with van der Waals surface area (Å²) in [6.07, 6.45) is 5.11. The monoisotopic (exact) mass is 429 g/mol. The van der Waals surface area contributed by atoms with Crippen LogP contribution in [0.15, 0.2) is 22.7 Å². The fourth-order valence-corrected chi connectivity index (χ4v) is 4.03. The van der Waals surface area contributed by atoms with Crippen molar-refractivity contribution < 1.29 is 14.1 Å². The van der Waals surface area contributed by atoms with Crippen LogP contribution in [0.5, 0.6) is 0 Å². The summed E-state index contributed by atoms with van der Waals surface area (Å²) >= 11 is 6.02. The molecule has 8 nitrogen and oxygen atoms in total. The van der Waals surface area contributed by atoms with Gasteiger partial charge in [-0.25, -0.2) is 4.98 Å². The van der Waals surface area contributed by atoms with E-state index in [0.29, 0.717) is 42.8 Å². The third kappa shape index (κ3) is 4.49. The smallest absolute Gasteiger partial charge is 0.252 e. The van der Waals surface area contributed by atoms with Crippen LogP contribution in [-0.2, 0) is 22.6 Å². The largest absolute Gasteiger partial charge is 0.367 e. The number of likely N-dealkylation sites (tertiary alicyclic amines) is 1. The van der Waals surface area contributed by atoms with Gasteiger partial charge in [0.2, 0.25) is 5.91 Å². The van der Waals surface area contributed by atoms with Gasteiger partial charge < -0.3 is 19.1 Å². The Bertz CT molecular complexity index is 1040. The molecule has 3 heterocycles. The molecule has 1 aromatic carbocycles. The van der Waals surface area contributed by atoms with Gasteiger partial charge in [0.15, 0.2) is 5.82 Å². The SMILES string of the molecule is O=C(CCc1nc2ccc(Cl)cc2[nH]1)N1CCCC(OCc2nc(C3CC3)no2)C1. The summed E-state index contributed by atoms with van der Waals surface area (Å²) in [6, 6.07) is 5.54. The number of fused-ring (bicyclic) bond motifs is 1. The highest BCUT2D eigenvalue weighted by atomic mass is 35.5. The standard InChI is InChI=1S/C21H24ClN5O3/c22-14-5-6-16-17(10-14)24-18(23-16)7-8-20(28)27-9-1-2-15(11-27)29-12-19-25-21(26-30-19)13-3-4-13/h5-6,10,13,15H,1-4,7-9,11-12H2,(H,23,24). The highest BCUT2D eigenvalue weighted by Crippen LogP contribution is 2.38. The number of H-pyrrole nitrogens is 1. The molecule has 2 aromatic heterocycles. The summed E-state index contributed by atoms with van der Waals surface area (Å²) in [5.74, 6) is 2.70. The predicted molar refractivity (Wildman–Crippen MR) is 110 cm³/mol. The topological polar surface area (TPSA) is 97.1 Å². The first-order valence-corrected chi connectivity index (χ1v) is 10.9. The second-order valence-corrected chi connectivity index (χ2v) is 8.52. The Hall–Kier alpha value is -2.45. The van der Waals surface area contributed by atoms with Gasteiger partial charge in [0.05, 0.1) is 17.1 Å². The van der Waals surface area contributed by atoms with Crippen molar-refractivity contribution in [3.8, 4) is 0 Å². The lowest BCUT2D eigenvalue weighted by Crippen LogP contribution is -2.43. The molecular formula is C21H24ClN5O3. The van der Waals surface area contributed by atoms with Crippen LogP contribution in [-0.4, -0.2) is 50.1 Å². The molecule has 2 aliphatic rings. The van der Waals surface area contributed by atoms with E-state index >= 15 is 0 Å². The normalized spacial score (nSPS) is 19.5. The van der Waals surface area contributed by atoms with E-state index in [-0.39, 0.29) is 12.0 Å². The number of carbonyl (C=O) groups excluding carboxylic acids is 1. The van der Waals surface area contributed by atoms with Crippen molar-refractivity contribution in [1.29, 1.82) is 0 Å². The van der Waals surface area contributed by atoms with Gasteiger partial charge in [0.25, 0.3) is 5.89 Å². The van der Waals surface area contributed by atoms with E-state index in [1.807, 2.05) is 23.1 Å². The lowest BCUT2D eigenvalue weighted by atomic mass is 10.1. The zero-order valence-electron chi connectivity index (χ0n) is 16.6. The maximum absolute atomic E-state index is 12.7.